The zero-order chi connectivity index (χ0) is 13.4. The number of hydrogen-bond donors (Lipinski definition) is 2. The maximum atomic E-state index is 10.3. The number of esters is 2. The molecule has 0 fully saturated rings. The Morgan fingerprint density at radius 2 is 1.53 bits per heavy atom. The number of aromatic hydroxyl groups is 1. The van der Waals surface area contributed by atoms with E-state index in [1.54, 1.807) is 12.1 Å². The maximum Gasteiger partial charge on any atom is 0.339 e. The Morgan fingerprint density at radius 3 is 1.76 bits per heavy atom. The van der Waals surface area contributed by atoms with Gasteiger partial charge in [0.25, 0.3) is 0 Å². The average Bonchev–Trinajstić information content (AvgIpc) is 2.16. The lowest BCUT2D eigenvalue weighted by molar-refractivity contribution is -0.156. The topological polar surface area (TPSA) is 101 Å². The fourth-order valence-electron chi connectivity index (χ4n) is 0.857. The lowest BCUT2D eigenvalue weighted by Crippen LogP contribution is -2.03. The molecular formula is C11H12O6. The molecule has 0 saturated heterocycles. The van der Waals surface area contributed by atoms with Gasteiger partial charge in [-0.25, -0.2) is 4.79 Å². The molecule has 0 radical (unpaired) electrons. The molecule has 0 aromatic heterocycles. The molecule has 92 valence electrons. The van der Waals surface area contributed by atoms with Crippen molar-refractivity contribution in [3.63, 3.8) is 0 Å². The molecule has 0 atom stereocenters. The second-order valence-corrected chi connectivity index (χ2v) is 2.91. The fraction of sp³-hybridized carbons (Fsp3) is 0.182. The van der Waals surface area contributed by atoms with E-state index in [0.29, 0.717) is 0 Å². The van der Waals surface area contributed by atoms with Gasteiger partial charge in [-0.2, -0.15) is 0 Å². The zero-order valence-electron chi connectivity index (χ0n) is 9.34. The van der Waals surface area contributed by atoms with Crippen LogP contribution in [0.4, 0.5) is 0 Å². The van der Waals surface area contributed by atoms with Gasteiger partial charge in [0.05, 0.1) is 0 Å². The van der Waals surface area contributed by atoms with E-state index in [2.05, 4.69) is 4.74 Å². The molecule has 0 heterocycles. The third-order valence-electron chi connectivity index (χ3n) is 1.42. The second-order valence-electron chi connectivity index (χ2n) is 2.91. The highest BCUT2D eigenvalue weighted by molar-refractivity contribution is 5.90. The van der Waals surface area contributed by atoms with Crippen LogP contribution in [-0.2, 0) is 14.3 Å². The van der Waals surface area contributed by atoms with Crippen LogP contribution >= 0.6 is 0 Å². The smallest absolute Gasteiger partial charge is 0.339 e. The van der Waals surface area contributed by atoms with E-state index >= 15 is 0 Å². The van der Waals surface area contributed by atoms with E-state index < -0.39 is 17.9 Å². The summed E-state index contributed by atoms with van der Waals surface area (Å²) < 4.78 is 3.97. The highest BCUT2D eigenvalue weighted by atomic mass is 16.6. The molecule has 0 saturated carbocycles. The van der Waals surface area contributed by atoms with Crippen molar-refractivity contribution in [3.05, 3.63) is 29.8 Å². The molecule has 1 aromatic carbocycles. The van der Waals surface area contributed by atoms with Gasteiger partial charge in [-0.1, -0.05) is 12.1 Å². The minimum atomic E-state index is -1.11. The molecule has 0 bridgehead atoms. The average molecular weight is 240 g/mol. The van der Waals surface area contributed by atoms with Crippen molar-refractivity contribution in [2.24, 2.45) is 0 Å². The summed E-state index contributed by atoms with van der Waals surface area (Å²) in [6.07, 6.45) is 0. The Kier molecular flexibility index (Phi) is 6.02. The molecule has 2 N–H and O–H groups in total. The number of carbonyl (C=O) groups is 3. The summed E-state index contributed by atoms with van der Waals surface area (Å²) in [5, 5.41) is 17.3. The normalized spacial score (nSPS) is 8.59. The second kappa shape index (κ2) is 7.00. The number of rotatable bonds is 1. The predicted octanol–water partition coefficient (Wildman–Crippen LogP) is 1.19. The van der Waals surface area contributed by atoms with Gasteiger partial charge in [0.15, 0.2) is 0 Å². The van der Waals surface area contributed by atoms with Gasteiger partial charge >= 0.3 is 17.9 Å². The lowest BCUT2D eigenvalue weighted by Gasteiger charge is -1.95. The molecule has 0 amide bonds. The number of hydrogen-bond acceptors (Lipinski definition) is 5. The number of para-hydroxylation sites is 1. The molecule has 0 spiro atoms. The number of carboxylic acid groups (broad SMARTS) is 1. The van der Waals surface area contributed by atoms with Crippen LogP contribution in [0, 0.1) is 0 Å². The number of aromatic carboxylic acids is 1. The highest BCUT2D eigenvalue weighted by Gasteiger charge is 2.05. The van der Waals surface area contributed by atoms with E-state index in [4.69, 9.17) is 10.2 Å². The Balaban J connectivity index is 0.000000325. The lowest BCUT2D eigenvalue weighted by atomic mass is 10.2. The third-order valence-corrected chi connectivity index (χ3v) is 1.42. The van der Waals surface area contributed by atoms with Gasteiger partial charge in [0.2, 0.25) is 0 Å². The van der Waals surface area contributed by atoms with Crippen LogP contribution in [0.5, 0.6) is 5.75 Å². The van der Waals surface area contributed by atoms with Crippen molar-refractivity contribution < 1.29 is 29.3 Å². The summed E-state index contributed by atoms with van der Waals surface area (Å²) >= 11 is 0. The quantitative estimate of drug-likeness (QED) is 0.564. The van der Waals surface area contributed by atoms with Crippen molar-refractivity contribution >= 4 is 17.9 Å². The van der Waals surface area contributed by atoms with Gasteiger partial charge in [0, 0.05) is 13.8 Å². The number of benzene rings is 1. The summed E-state index contributed by atoms with van der Waals surface area (Å²) in [4.78, 5) is 29.9. The summed E-state index contributed by atoms with van der Waals surface area (Å²) in [6.45, 7) is 2.36. The summed E-state index contributed by atoms with van der Waals surface area (Å²) in [5.41, 5.74) is -0.0671. The Hall–Kier alpha value is -2.37. The van der Waals surface area contributed by atoms with Gasteiger partial charge in [-0.3, -0.25) is 9.59 Å². The van der Waals surface area contributed by atoms with E-state index in [1.165, 1.54) is 26.0 Å². The molecule has 17 heavy (non-hydrogen) atoms. The molecule has 6 nitrogen and oxygen atoms in total. The monoisotopic (exact) mass is 240 g/mol. The van der Waals surface area contributed by atoms with Crippen molar-refractivity contribution in [2.75, 3.05) is 0 Å². The van der Waals surface area contributed by atoms with Crippen LogP contribution in [-0.4, -0.2) is 28.1 Å². The standard InChI is InChI=1S/C7H6O3.C4H6O3/c8-6-4-2-1-3-5(6)7(9)10;1-3(5)7-4(2)6/h1-4,8H,(H,9,10);1-2H3. The van der Waals surface area contributed by atoms with E-state index in [0.717, 1.165) is 0 Å². The van der Waals surface area contributed by atoms with E-state index in [1.807, 2.05) is 0 Å². The summed E-state index contributed by atoms with van der Waals surface area (Å²) in [6, 6.07) is 5.81. The van der Waals surface area contributed by atoms with Crippen molar-refractivity contribution in [1.29, 1.82) is 0 Å². The zero-order valence-corrected chi connectivity index (χ0v) is 9.34. The minimum Gasteiger partial charge on any atom is -0.507 e. The SMILES string of the molecule is CC(=O)OC(C)=O.O=C(O)c1ccccc1O. The van der Waals surface area contributed by atoms with Crippen molar-refractivity contribution in [2.45, 2.75) is 13.8 Å². The fourth-order valence-corrected chi connectivity index (χ4v) is 0.857. The first-order valence-corrected chi connectivity index (χ1v) is 4.55. The number of ether oxygens (including phenoxy) is 1. The molecule has 1 rings (SSSR count). The summed E-state index contributed by atoms with van der Waals surface area (Å²) in [5.74, 6) is -2.44. The molecular weight excluding hydrogens is 228 g/mol. The first-order chi connectivity index (χ1) is 7.84. The van der Waals surface area contributed by atoms with Crippen LogP contribution in [0.2, 0.25) is 0 Å². The maximum absolute atomic E-state index is 10.3. The van der Waals surface area contributed by atoms with Crippen LogP contribution in [0.3, 0.4) is 0 Å². The third kappa shape index (κ3) is 6.67. The molecule has 6 heteroatoms. The van der Waals surface area contributed by atoms with Crippen LogP contribution in [0.25, 0.3) is 0 Å². The van der Waals surface area contributed by atoms with Crippen LogP contribution in [0.1, 0.15) is 24.2 Å². The van der Waals surface area contributed by atoms with Gasteiger partial charge in [0.1, 0.15) is 11.3 Å². The number of carbonyl (C=O) groups excluding carboxylic acids is 2. The van der Waals surface area contributed by atoms with Crippen LogP contribution in [0.15, 0.2) is 24.3 Å². The van der Waals surface area contributed by atoms with E-state index in [-0.39, 0.29) is 11.3 Å². The van der Waals surface area contributed by atoms with Crippen LogP contribution < -0.4 is 0 Å². The first kappa shape index (κ1) is 14.6. The molecule has 0 aliphatic heterocycles. The highest BCUT2D eigenvalue weighted by Crippen LogP contribution is 2.14. The molecule has 0 aliphatic carbocycles. The first-order valence-electron chi connectivity index (χ1n) is 4.55. The molecule has 0 unspecified atom stereocenters. The summed E-state index contributed by atoms with van der Waals surface area (Å²) in [7, 11) is 0. The van der Waals surface area contributed by atoms with Crippen molar-refractivity contribution in [1.82, 2.24) is 0 Å². The van der Waals surface area contributed by atoms with Gasteiger partial charge in [-0.15, -0.1) is 0 Å². The Labute approximate surface area is 97.4 Å². The Morgan fingerprint density at radius 1 is 1.06 bits per heavy atom. The van der Waals surface area contributed by atoms with Crippen molar-refractivity contribution in [3.8, 4) is 5.75 Å². The Bertz CT molecular complexity index is 412. The van der Waals surface area contributed by atoms with E-state index in [9.17, 15) is 14.4 Å². The largest absolute Gasteiger partial charge is 0.507 e. The number of phenols is 1. The number of carboxylic acids is 1. The molecule has 1 aromatic rings. The predicted molar refractivity (Wildman–Crippen MR) is 57.5 cm³/mol. The molecule has 0 aliphatic rings. The van der Waals surface area contributed by atoms with Gasteiger partial charge in [-0.05, 0) is 12.1 Å². The van der Waals surface area contributed by atoms with Gasteiger partial charge < -0.3 is 14.9 Å². The minimum absolute atomic E-state index is 0.0671.